The van der Waals surface area contributed by atoms with Crippen LogP contribution in [0.15, 0.2) is 47.0 Å². The summed E-state index contributed by atoms with van der Waals surface area (Å²) in [6.45, 7) is 2.01. The number of aromatic nitrogens is 1. The Morgan fingerprint density at radius 3 is 2.85 bits per heavy atom. The van der Waals surface area contributed by atoms with E-state index >= 15 is 0 Å². The number of hydrogen-bond donors (Lipinski definition) is 2. The van der Waals surface area contributed by atoms with E-state index in [4.69, 9.17) is 21.9 Å². The lowest BCUT2D eigenvalue weighted by atomic mass is 10.1. The van der Waals surface area contributed by atoms with Gasteiger partial charge in [-0.3, -0.25) is 10.8 Å². The van der Waals surface area contributed by atoms with E-state index in [2.05, 4.69) is 10.4 Å². The second-order valence-corrected chi connectivity index (χ2v) is 5.13. The summed E-state index contributed by atoms with van der Waals surface area (Å²) < 4.78 is 5.83. The minimum Gasteiger partial charge on any atom is -0.459 e. The predicted octanol–water partition coefficient (Wildman–Crippen LogP) is 3.34. The van der Waals surface area contributed by atoms with Crippen LogP contribution < -0.4 is 11.3 Å². The summed E-state index contributed by atoms with van der Waals surface area (Å²) in [7, 11) is 0. The molecule has 0 aliphatic carbocycles. The van der Waals surface area contributed by atoms with E-state index in [1.165, 1.54) is 0 Å². The summed E-state index contributed by atoms with van der Waals surface area (Å²) >= 11 is 5.98. The quantitative estimate of drug-likeness (QED) is 0.573. The Kier molecular flexibility index (Phi) is 3.44. The van der Waals surface area contributed by atoms with Crippen molar-refractivity contribution in [2.45, 2.75) is 13.0 Å². The van der Waals surface area contributed by atoms with Crippen LogP contribution in [-0.2, 0) is 0 Å². The van der Waals surface area contributed by atoms with Gasteiger partial charge in [-0.1, -0.05) is 11.6 Å². The number of nitrogens with one attached hydrogen (secondary N) is 1. The van der Waals surface area contributed by atoms with Gasteiger partial charge in [-0.25, -0.2) is 5.43 Å². The van der Waals surface area contributed by atoms with Crippen LogP contribution in [-0.4, -0.2) is 4.98 Å². The lowest BCUT2D eigenvalue weighted by molar-refractivity contribution is 0.471. The first-order valence-electron chi connectivity index (χ1n) is 6.25. The molecule has 20 heavy (non-hydrogen) atoms. The van der Waals surface area contributed by atoms with Gasteiger partial charge in [0.05, 0.1) is 5.69 Å². The lowest BCUT2D eigenvalue weighted by Crippen LogP contribution is -2.29. The minimum atomic E-state index is -0.291. The third-order valence-electron chi connectivity index (χ3n) is 3.18. The molecule has 0 bridgehead atoms. The number of hydrogen-bond acceptors (Lipinski definition) is 4. The topological polar surface area (TPSA) is 64.1 Å². The number of nitrogens with zero attached hydrogens (tertiary/aromatic N) is 1. The van der Waals surface area contributed by atoms with E-state index in [1.54, 1.807) is 12.3 Å². The molecule has 0 radical (unpaired) electrons. The van der Waals surface area contributed by atoms with E-state index in [0.29, 0.717) is 10.8 Å². The highest BCUT2D eigenvalue weighted by Crippen LogP contribution is 2.28. The van der Waals surface area contributed by atoms with Crippen molar-refractivity contribution in [3.05, 3.63) is 64.6 Å². The van der Waals surface area contributed by atoms with Gasteiger partial charge in [0.25, 0.3) is 0 Å². The van der Waals surface area contributed by atoms with Gasteiger partial charge in [0.1, 0.15) is 17.4 Å². The Morgan fingerprint density at radius 1 is 1.25 bits per heavy atom. The molecule has 0 saturated carbocycles. The van der Waals surface area contributed by atoms with Crippen molar-refractivity contribution in [3.8, 4) is 0 Å². The van der Waals surface area contributed by atoms with Crippen LogP contribution in [0, 0.1) is 6.92 Å². The van der Waals surface area contributed by atoms with Crippen LogP contribution in [0.2, 0.25) is 5.02 Å². The van der Waals surface area contributed by atoms with Crippen molar-refractivity contribution in [2.24, 2.45) is 5.84 Å². The number of halogens is 1. The van der Waals surface area contributed by atoms with Crippen LogP contribution in [0.25, 0.3) is 11.0 Å². The highest BCUT2D eigenvalue weighted by atomic mass is 35.5. The van der Waals surface area contributed by atoms with Gasteiger partial charge in [-0.15, -0.1) is 0 Å². The fourth-order valence-corrected chi connectivity index (χ4v) is 2.39. The second-order valence-electron chi connectivity index (χ2n) is 4.69. The highest BCUT2D eigenvalue weighted by molar-refractivity contribution is 6.31. The third-order valence-corrected chi connectivity index (χ3v) is 3.42. The molecular weight excluding hydrogens is 274 g/mol. The second kappa shape index (κ2) is 5.25. The number of benzene rings is 1. The fraction of sp³-hybridized carbons (Fsp3) is 0.133. The Hall–Kier alpha value is -1.88. The van der Waals surface area contributed by atoms with Gasteiger partial charge >= 0.3 is 0 Å². The van der Waals surface area contributed by atoms with E-state index in [9.17, 15) is 0 Å². The Labute approximate surface area is 121 Å². The minimum absolute atomic E-state index is 0.291. The summed E-state index contributed by atoms with van der Waals surface area (Å²) in [6.07, 6.45) is 1.76. The van der Waals surface area contributed by atoms with Crippen LogP contribution in [0.4, 0.5) is 0 Å². The van der Waals surface area contributed by atoms with E-state index < -0.39 is 0 Å². The van der Waals surface area contributed by atoms with E-state index in [0.717, 1.165) is 22.2 Å². The molecule has 2 aromatic heterocycles. The summed E-state index contributed by atoms with van der Waals surface area (Å²) in [5.74, 6) is 6.37. The molecule has 5 heteroatoms. The fourth-order valence-electron chi connectivity index (χ4n) is 2.21. The van der Waals surface area contributed by atoms with Gasteiger partial charge in [-0.05, 0) is 48.9 Å². The number of furan rings is 1. The molecular formula is C15H14ClN3O. The van der Waals surface area contributed by atoms with Crippen molar-refractivity contribution in [3.63, 3.8) is 0 Å². The number of fused-ring (bicyclic) bond motifs is 1. The molecule has 0 spiro atoms. The van der Waals surface area contributed by atoms with Gasteiger partial charge in [0.2, 0.25) is 0 Å². The molecule has 2 heterocycles. The smallest absolute Gasteiger partial charge is 0.134 e. The molecule has 3 aromatic rings. The first-order valence-corrected chi connectivity index (χ1v) is 6.63. The van der Waals surface area contributed by atoms with Crippen LogP contribution >= 0.6 is 11.6 Å². The van der Waals surface area contributed by atoms with E-state index in [1.807, 2.05) is 37.3 Å². The molecule has 1 unspecified atom stereocenters. The van der Waals surface area contributed by atoms with Crippen molar-refractivity contribution >= 4 is 22.6 Å². The van der Waals surface area contributed by atoms with Crippen LogP contribution in [0.3, 0.4) is 0 Å². The summed E-state index contributed by atoms with van der Waals surface area (Å²) in [6, 6.07) is 11.1. The third kappa shape index (κ3) is 2.41. The summed E-state index contributed by atoms with van der Waals surface area (Å²) in [5, 5.41) is 1.62. The SMILES string of the molecule is Cc1ccnc(C(NN)c2cc3cc(Cl)ccc3o2)c1. The first kappa shape index (κ1) is 13.1. The first-order chi connectivity index (χ1) is 9.67. The highest BCUT2D eigenvalue weighted by Gasteiger charge is 2.18. The normalized spacial score (nSPS) is 12.8. The average Bonchev–Trinajstić information content (AvgIpc) is 2.82. The molecule has 0 amide bonds. The van der Waals surface area contributed by atoms with Crippen LogP contribution in [0.5, 0.6) is 0 Å². The van der Waals surface area contributed by atoms with Crippen LogP contribution in [0.1, 0.15) is 23.1 Å². The molecule has 3 N–H and O–H groups in total. The monoisotopic (exact) mass is 287 g/mol. The molecule has 1 aromatic carbocycles. The van der Waals surface area contributed by atoms with Crippen molar-refractivity contribution < 1.29 is 4.42 Å². The number of aryl methyl sites for hydroxylation is 1. The standard InChI is InChI=1S/C15H14ClN3O/c1-9-4-5-18-12(6-9)15(19-17)14-8-10-7-11(16)2-3-13(10)20-14/h2-8,15,19H,17H2,1H3. The maximum Gasteiger partial charge on any atom is 0.134 e. The summed E-state index contributed by atoms with van der Waals surface area (Å²) in [5.41, 5.74) is 5.46. The predicted molar refractivity (Wildman–Crippen MR) is 79.4 cm³/mol. The molecule has 102 valence electrons. The maximum absolute atomic E-state index is 5.98. The van der Waals surface area contributed by atoms with Gasteiger partial charge in [0.15, 0.2) is 0 Å². The summed E-state index contributed by atoms with van der Waals surface area (Å²) in [4.78, 5) is 4.35. The maximum atomic E-state index is 5.98. The molecule has 1 atom stereocenters. The molecule has 0 aliphatic heterocycles. The molecule has 0 fully saturated rings. The molecule has 4 nitrogen and oxygen atoms in total. The molecule has 0 aliphatic rings. The zero-order valence-corrected chi connectivity index (χ0v) is 11.7. The van der Waals surface area contributed by atoms with E-state index in [-0.39, 0.29) is 6.04 Å². The van der Waals surface area contributed by atoms with Crippen molar-refractivity contribution in [1.82, 2.24) is 10.4 Å². The Morgan fingerprint density at radius 2 is 2.10 bits per heavy atom. The Balaban J connectivity index is 2.07. The molecule has 3 rings (SSSR count). The van der Waals surface area contributed by atoms with Gasteiger partial charge in [-0.2, -0.15) is 0 Å². The lowest BCUT2D eigenvalue weighted by Gasteiger charge is -2.12. The largest absolute Gasteiger partial charge is 0.459 e. The average molecular weight is 288 g/mol. The number of hydrazine groups is 1. The molecule has 0 saturated heterocycles. The van der Waals surface area contributed by atoms with Gasteiger partial charge in [0, 0.05) is 16.6 Å². The zero-order valence-electron chi connectivity index (χ0n) is 10.9. The zero-order chi connectivity index (χ0) is 14.1. The number of pyridine rings is 1. The Bertz CT molecular complexity index is 754. The number of nitrogens with two attached hydrogens (primary N) is 1. The van der Waals surface area contributed by atoms with Crippen molar-refractivity contribution in [1.29, 1.82) is 0 Å². The van der Waals surface area contributed by atoms with Gasteiger partial charge < -0.3 is 4.42 Å². The number of rotatable bonds is 3. The van der Waals surface area contributed by atoms with Crippen molar-refractivity contribution in [2.75, 3.05) is 0 Å².